The third-order valence-electron chi connectivity index (χ3n) is 4.83. The van der Waals surface area contributed by atoms with Crippen molar-refractivity contribution >= 4 is 0 Å². The van der Waals surface area contributed by atoms with Crippen molar-refractivity contribution in [2.75, 3.05) is 13.1 Å². The molecule has 0 saturated carbocycles. The maximum Gasteiger partial charge on any atom is 0.433 e. The van der Waals surface area contributed by atoms with Crippen molar-refractivity contribution in [3.8, 4) is 11.3 Å². The van der Waals surface area contributed by atoms with Crippen LogP contribution in [0.4, 0.5) is 26.3 Å². The second-order valence-corrected chi connectivity index (χ2v) is 7.38. The molecular weight excluding hydrogens is 422 g/mol. The maximum atomic E-state index is 13.3. The van der Waals surface area contributed by atoms with Gasteiger partial charge in [0.2, 0.25) is 0 Å². The van der Waals surface area contributed by atoms with E-state index in [4.69, 9.17) is 0 Å². The van der Waals surface area contributed by atoms with Crippen LogP contribution in [-0.2, 0) is 12.4 Å². The van der Waals surface area contributed by atoms with Gasteiger partial charge in [0.15, 0.2) is 0 Å². The van der Waals surface area contributed by atoms with E-state index >= 15 is 0 Å². The molecule has 1 atom stereocenters. The Kier molecular flexibility index (Phi) is 8.88. The van der Waals surface area contributed by atoms with Gasteiger partial charge in [0, 0.05) is 12.1 Å². The van der Waals surface area contributed by atoms with Crippen molar-refractivity contribution < 1.29 is 31.4 Å². The van der Waals surface area contributed by atoms with Gasteiger partial charge >= 0.3 is 12.4 Å². The van der Waals surface area contributed by atoms with Crippen molar-refractivity contribution in [2.24, 2.45) is 0 Å². The number of nitrogens with one attached hydrogen (secondary N) is 1. The normalized spacial score (nSPS) is 13.4. The van der Waals surface area contributed by atoms with Crippen molar-refractivity contribution in [3.63, 3.8) is 0 Å². The third kappa shape index (κ3) is 7.81. The summed E-state index contributed by atoms with van der Waals surface area (Å²) in [4.78, 5) is 3.55. The van der Waals surface area contributed by atoms with Crippen molar-refractivity contribution in [1.29, 1.82) is 0 Å². The van der Waals surface area contributed by atoms with Crippen LogP contribution in [0.5, 0.6) is 0 Å². The lowest BCUT2D eigenvalue weighted by molar-refractivity contribution is -0.141. The summed E-state index contributed by atoms with van der Waals surface area (Å²) in [5.41, 5.74) is -2.19. The van der Waals surface area contributed by atoms with Gasteiger partial charge in [0.05, 0.1) is 17.4 Å². The SMILES string of the molecule is CCCCCCCNC[C@@H](O)c1cc(-c2ccc(C(F)(F)F)cc2)nc(C(F)(F)F)c1. The molecule has 0 spiro atoms. The monoisotopic (exact) mass is 448 g/mol. The number of hydrogen-bond acceptors (Lipinski definition) is 3. The van der Waals surface area contributed by atoms with Gasteiger partial charge in [-0.05, 0) is 42.8 Å². The number of aromatic nitrogens is 1. The predicted octanol–water partition coefficient (Wildman–Crippen LogP) is 6.38. The summed E-state index contributed by atoms with van der Waals surface area (Å²) < 4.78 is 78.1. The number of unbranched alkanes of at least 4 members (excludes halogenated alkanes) is 4. The number of aliphatic hydroxyl groups is 1. The number of hydrogen-bond donors (Lipinski definition) is 2. The zero-order chi connectivity index (χ0) is 23.1. The number of pyridine rings is 1. The Morgan fingerprint density at radius 2 is 1.55 bits per heavy atom. The molecule has 9 heteroatoms. The van der Waals surface area contributed by atoms with E-state index in [1.54, 1.807) is 0 Å². The summed E-state index contributed by atoms with van der Waals surface area (Å²) >= 11 is 0. The second kappa shape index (κ2) is 10.9. The number of benzene rings is 1. The van der Waals surface area contributed by atoms with Crippen LogP contribution in [0.3, 0.4) is 0 Å². The van der Waals surface area contributed by atoms with E-state index in [-0.39, 0.29) is 23.4 Å². The topological polar surface area (TPSA) is 45.1 Å². The first-order valence-electron chi connectivity index (χ1n) is 10.2. The van der Waals surface area contributed by atoms with Crippen LogP contribution in [0.2, 0.25) is 0 Å². The van der Waals surface area contributed by atoms with E-state index in [0.29, 0.717) is 6.54 Å². The van der Waals surface area contributed by atoms with Crippen LogP contribution < -0.4 is 5.32 Å². The van der Waals surface area contributed by atoms with Gasteiger partial charge < -0.3 is 10.4 Å². The highest BCUT2D eigenvalue weighted by atomic mass is 19.4. The standard InChI is InChI=1S/C22H26F6N2O/c1-2-3-4-5-6-11-29-14-19(31)16-12-18(30-20(13-16)22(26,27)28)15-7-9-17(10-8-15)21(23,24)25/h7-10,12-13,19,29,31H,2-6,11,14H2,1H3/t19-/m1/s1. The molecule has 2 aromatic rings. The summed E-state index contributed by atoms with van der Waals surface area (Å²) in [6, 6.07) is 5.74. The fraction of sp³-hybridized carbons (Fsp3) is 0.500. The van der Waals surface area contributed by atoms with Gasteiger partial charge in [0.1, 0.15) is 5.69 Å². The first-order valence-corrected chi connectivity index (χ1v) is 10.2. The first-order chi connectivity index (χ1) is 14.5. The summed E-state index contributed by atoms with van der Waals surface area (Å²) in [6.45, 7) is 2.79. The summed E-state index contributed by atoms with van der Waals surface area (Å²) in [5, 5.41) is 13.4. The van der Waals surface area contributed by atoms with Crippen LogP contribution in [0.15, 0.2) is 36.4 Å². The van der Waals surface area contributed by atoms with Crippen LogP contribution >= 0.6 is 0 Å². The maximum absolute atomic E-state index is 13.3. The van der Waals surface area contributed by atoms with Gasteiger partial charge in [-0.3, -0.25) is 0 Å². The molecule has 1 aromatic heterocycles. The van der Waals surface area contributed by atoms with Gasteiger partial charge in [-0.15, -0.1) is 0 Å². The minimum absolute atomic E-state index is 0.00398. The quantitative estimate of drug-likeness (QED) is 0.328. The molecule has 0 aliphatic rings. The van der Waals surface area contributed by atoms with E-state index < -0.39 is 29.7 Å². The van der Waals surface area contributed by atoms with Crippen LogP contribution in [0.1, 0.15) is 62.0 Å². The number of nitrogens with zero attached hydrogens (tertiary/aromatic N) is 1. The zero-order valence-corrected chi connectivity index (χ0v) is 17.2. The van der Waals surface area contributed by atoms with E-state index in [0.717, 1.165) is 62.4 Å². The lowest BCUT2D eigenvalue weighted by Crippen LogP contribution is -2.23. The van der Waals surface area contributed by atoms with E-state index in [9.17, 15) is 31.4 Å². The van der Waals surface area contributed by atoms with E-state index in [1.807, 2.05) is 0 Å². The molecule has 172 valence electrons. The molecule has 0 amide bonds. The molecular formula is C22H26F6N2O. The molecule has 1 heterocycles. The molecule has 0 aliphatic carbocycles. The summed E-state index contributed by atoms with van der Waals surface area (Å²) in [5.74, 6) is 0. The average molecular weight is 448 g/mol. The smallest absolute Gasteiger partial charge is 0.387 e. The Morgan fingerprint density at radius 1 is 0.903 bits per heavy atom. The minimum Gasteiger partial charge on any atom is -0.387 e. The highest BCUT2D eigenvalue weighted by Gasteiger charge is 2.34. The Hall–Kier alpha value is -2.13. The van der Waals surface area contributed by atoms with Crippen molar-refractivity contribution in [1.82, 2.24) is 10.3 Å². The number of alkyl halides is 6. The lowest BCUT2D eigenvalue weighted by Gasteiger charge is -2.16. The molecule has 0 radical (unpaired) electrons. The molecule has 2 N–H and O–H groups in total. The van der Waals surface area contributed by atoms with Gasteiger partial charge in [0.25, 0.3) is 0 Å². The minimum atomic E-state index is -4.76. The first kappa shape index (κ1) is 25.1. The van der Waals surface area contributed by atoms with Crippen LogP contribution in [0.25, 0.3) is 11.3 Å². The van der Waals surface area contributed by atoms with E-state index in [2.05, 4.69) is 17.2 Å². The van der Waals surface area contributed by atoms with E-state index in [1.165, 1.54) is 6.07 Å². The molecule has 0 bridgehead atoms. The zero-order valence-electron chi connectivity index (χ0n) is 17.2. The lowest BCUT2D eigenvalue weighted by atomic mass is 10.0. The molecule has 2 rings (SSSR count). The van der Waals surface area contributed by atoms with Crippen molar-refractivity contribution in [2.45, 2.75) is 57.5 Å². The third-order valence-corrected chi connectivity index (χ3v) is 4.83. The Morgan fingerprint density at radius 3 is 2.13 bits per heavy atom. The molecule has 0 aliphatic heterocycles. The highest BCUT2D eigenvalue weighted by molar-refractivity contribution is 5.61. The second-order valence-electron chi connectivity index (χ2n) is 7.38. The van der Waals surface area contributed by atoms with Gasteiger partial charge in [-0.1, -0.05) is 44.7 Å². The molecule has 0 unspecified atom stereocenters. The largest absolute Gasteiger partial charge is 0.433 e. The summed E-state index contributed by atoms with van der Waals surface area (Å²) in [7, 11) is 0. The molecule has 3 nitrogen and oxygen atoms in total. The van der Waals surface area contributed by atoms with Crippen molar-refractivity contribution in [3.05, 3.63) is 53.2 Å². The number of rotatable bonds is 10. The Balaban J connectivity index is 2.16. The number of halogens is 6. The molecule has 0 saturated heterocycles. The Bertz CT molecular complexity index is 818. The van der Waals surface area contributed by atoms with Gasteiger partial charge in [-0.25, -0.2) is 4.98 Å². The van der Waals surface area contributed by atoms with Gasteiger partial charge in [-0.2, -0.15) is 26.3 Å². The highest BCUT2D eigenvalue weighted by Crippen LogP contribution is 2.34. The average Bonchev–Trinajstić information content (AvgIpc) is 2.71. The Labute approximate surface area is 177 Å². The number of aliphatic hydroxyl groups excluding tert-OH is 1. The predicted molar refractivity (Wildman–Crippen MR) is 106 cm³/mol. The molecule has 31 heavy (non-hydrogen) atoms. The molecule has 0 fully saturated rings. The summed E-state index contributed by atoms with van der Waals surface area (Å²) in [6.07, 6.45) is -5.23. The fourth-order valence-corrected chi connectivity index (χ4v) is 3.08. The molecule has 1 aromatic carbocycles. The van der Waals surface area contributed by atoms with Crippen LogP contribution in [0, 0.1) is 0 Å². The van der Waals surface area contributed by atoms with Crippen LogP contribution in [-0.4, -0.2) is 23.2 Å². The fourth-order valence-electron chi connectivity index (χ4n) is 3.08.